The Balaban J connectivity index is 2.61. The fourth-order valence-corrected chi connectivity index (χ4v) is 2.19. The Morgan fingerprint density at radius 2 is 2.00 bits per heavy atom. The number of carbonyl (C=O) groups is 1. The fourth-order valence-electron chi connectivity index (χ4n) is 2.19. The van der Waals surface area contributed by atoms with Crippen molar-refractivity contribution in [3.8, 4) is 0 Å². The molecule has 0 aliphatic rings. The molecule has 0 aliphatic heterocycles. The first kappa shape index (κ1) is 15.7. The van der Waals surface area contributed by atoms with Crippen LogP contribution in [0.25, 0.3) is 0 Å². The molecule has 0 spiro atoms. The average Bonchev–Trinajstić information content (AvgIpc) is 2.39. The number of esters is 1. The molecule has 0 amide bonds. The zero-order valence-corrected chi connectivity index (χ0v) is 12.7. The summed E-state index contributed by atoms with van der Waals surface area (Å²) in [7, 11) is 3.50. The Bertz CT molecular complexity index is 429. The van der Waals surface area contributed by atoms with E-state index in [1.54, 1.807) is 0 Å². The molecule has 3 heteroatoms. The maximum atomic E-state index is 11.6. The highest BCUT2D eigenvalue weighted by Crippen LogP contribution is 2.13. The van der Waals surface area contributed by atoms with Gasteiger partial charge in [0.25, 0.3) is 0 Å². The SMILES string of the molecule is CCC(CN(C)Cc1ccc(C)c(C)c1)C(=O)OC. The summed E-state index contributed by atoms with van der Waals surface area (Å²) >= 11 is 0. The van der Waals surface area contributed by atoms with Crippen LogP contribution in [0, 0.1) is 19.8 Å². The number of rotatable bonds is 6. The molecule has 0 heterocycles. The van der Waals surface area contributed by atoms with Gasteiger partial charge in [-0.1, -0.05) is 25.1 Å². The molecule has 0 saturated heterocycles. The number of aryl methyl sites for hydroxylation is 2. The number of nitrogens with zero attached hydrogens (tertiary/aromatic N) is 1. The summed E-state index contributed by atoms with van der Waals surface area (Å²) in [5.41, 5.74) is 3.91. The van der Waals surface area contributed by atoms with E-state index in [9.17, 15) is 4.79 Å². The van der Waals surface area contributed by atoms with Crippen molar-refractivity contribution in [2.24, 2.45) is 5.92 Å². The van der Waals surface area contributed by atoms with Gasteiger partial charge in [0.1, 0.15) is 0 Å². The molecule has 0 bridgehead atoms. The third kappa shape index (κ3) is 4.67. The zero-order chi connectivity index (χ0) is 14.4. The summed E-state index contributed by atoms with van der Waals surface area (Å²) in [5.74, 6) is -0.156. The van der Waals surface area contributed by atoms with Crippen LogP contribution in [-0.2, 0) is 16.1 Å². The van der Waals surface area contributed by atoms with Crippen molar-refractivity contribution >= 4 is 5.97 Å². The Kier molecular flexibility index (Phi) is 6.03. The van der Waals surface area contributed by atoms with Gasteiger partial charge in [-0.15, -0.1) is 0 Å². The third-order valence-corrected chi connectivity index (χ3v) is 3.58. The van der Waals surface area contributed by atoms with E-state index in [2.05, 4.69) is 36.9 Å². The van der Waals surface area contributed by atoms with E-state index in [4.69, 9.17) is 4.74 Å². The fraction of sp³-hybridized carbons (Fsp3) is 0.562. The molecule has 19 heavy (non-hydrogen) atoms. The first-order chi connectivity index (χ1) is 8.97. The molecule has 0 radical (unpaired) electrons. The first-order valence-electron chi connectivity index (χ1n) is 6.80. The molecule has 1 aromatic rings. The summed E-state index contributed by atoms with van der Waals surface area (Å²) in [6, 6.07) is 6.51. The minimum atomic E-state index is -0.116. The van der Waals surface area contributed by atoms with E-state index in [0.717, 1.165) is 19.5 Å². The molecule has 0 aliphatic carbocycles. The number of hydrogen-bond acceptors (Lipinski definition) is 3. The molecular formula is C16H25NO2. The standard InChI is InChI=1S/C16H25NO2/c1-6-15(16(18)19-5)11-17(4)10-14-8-7-12(2)13(3)9-14/h7-9,15H,6,10-11H2,1-5H3. The highest BCUT2D eigenvalue weighted by atomic mass is 16.5. The van der Waals surface area contributed by atoms with E-state index in [-0.39, 0.29) is 11.9 Å². The van der Waals surface area contributed by atoms with Crippen LogP contribution in [0.1, 0.15) is 30.0 Å². The lowest BCUT2D eigenvalue weighted by Crippen LogP contribution is -2.30. The monoisotopic (exact) mass is 263 g/mol. The minimum absolute atomic E-state index is 0.0402. The lowest BCUT2D eigenvalue weighted by atomic mass is 10.0. The predicted octanol–water partition coefficient (Wildman–Crippen LogP) is 2.93. The van der Waals surface area contributed by atoms with Crippen LogP contribution < -0.4 is 0 Å². The molecule has 0 saturated carbocycles. The second kappa shape index (κ2) is 7.29. The highest BCUT2D eigenvalue weighted by molar-refractivity contribution is 5.72. The van der Waals surface area contributed by atoms with Gasteiger partial charge in [-0.3, -0.25) is 4.79 Å². The van der Waals surface area contributed by atoms with Gasteiger partial charge in [0.05, 0.1) is 13.0 Å². The molecule has 0 fully saturated rings. The Hall–Kier alpha value is -1.35. The number of carbonyl (C=O) groups excluding carboxylic acids is 1. The number of ether oxygens (including phenoxy) is 1. The zero-order valence-electron chi connectivity index (χ0n) is 12.7. The van der Waals surface area contributed by atoms with Gasteiger partial charge in [0.15, 0.2) is 0 Å². The van der Waals surface area contributed by atoms with Gasteiger partial charge in [-0.2, -0.15) is 0 Å². The summed E-state index contributed by atoms with van der Waals surface area (Å²) in [6.45, 7) is 7.85. The van der Waals surface area contributed by atoms with Crippen molar-refractivity contribution < 1.29 is 9.53 Å². The summed E-state index contributed by atoms with van der Waals surface area (Å²) in [5, 5.41) is 0. The van der Waals surface area contributed by atoms with E-state index >= 15 is 0 Å². The van der Waals surface area contributed by atoms with Crippen molar-refractivity contribution in [2.75, 3.05) is 20.7 Å². The van der Waals surface area contributed by atoms with Crippen LogP contribution in [0.4, 0.5) is 0 Å². The first-order valence-corrected chi connectivity index (χ1v) is 6.80. The quantitative estimate of drug-likeness (QED) is 0.739. The Labute approximate surface area is 116 Å². The highest BCUT2D eigenvalue weighted by Gasteiger charge is 2.18. The molecule has 3 nitrogen and oxygen atoms in total. The summed E-state index contributed by atoms with van der Waals surface area (Å²) < 4.78 is 4.82. The lowest BCUT2D eigenvalue weighted by Gasteiger charge is -2.22. The number of methoxy groups -OCH3 is 1. The maximum absolute atomic E-state index is 11.6. The van der Waals surface area contributed by atoms with E-state index in [0.29, 0.717) is 0 Å². The minimum Gasteiger partial charge on any atom is -0.469 e. The van der Waals surface area contributed by atoms with E-state index < -0.39 is 0 Å². The Morgan fingerprint density at radius 3 is 2.53 bits per heavy atom. The van der Waals surface area contributed by atoms with Crippen LogP contribution in [0.2, 0.25) is 0 Å². The van der Waals surface area contributed by atoms with Gasteiger partial charge in [-0.25, -0.2) is 0 Å². The third-order valence-electron chi connectivity index (χ3n) is 3.58. The van der Waals surface area contributed by atoms with Crippen molar-refractivity contribution in [2.45, 2.75) is 33.7 Å². The number of benzene rings is 1. The molecule has 1 aromatic carbocycles. The summed E-state index contributed by atoms with van der Waals surface area (Å²) in [4.78, 5) is 13.8. The summed E-state index contributed by atoms with van der Waals surface area (Å²) in [6.07, 6.45) is 0.809. The number of hydrogen-bond donors (Lipinski definition) is 0. The molecule has 0 N–H and O–H groups in total. The topological polar surface area (TPSA) is 29.5 Å². The molecule has 1 rings (SSSR count). The van der Waals surface area contributed by atoms with Crippen LogP contribution in [0.15, 0.2) is 18.2 Å². The normalized spacial score (nSPS) is 12.5. The van der Waals surface area contributed by atoms with Crippen LogP contribution in [0.3, 0.4) is 0 Å². The van der Waals surface area contributed by atoms with Crippen LogP contribution in [0.5, 0.6) is 0 Å². The molecule has 0 aromatic heterocycles. The van der Waals surface area contributed by atoms with Gasteiger partial charge < -0.3 is 9.64 Å². The smallest absolute Gasteiger partial charge is 0.309 e. The lowest BCUT2D eigenvalue weighted by molar-refractivity contribution is -0.146. The molecule has 1 unspecified atom stereocenters. The van der Waals surface area contributed by atoms with Crippen molar-refractivity contribution in [3.63, 3.8) is 0 Å². The van der Waals surface area contributed by atoms with Gasteiger partial charge in [0, 0.05) is 13.1 Å². The van der Waals surface area contributed by atoms with Gasteiger partial charge in [-0.05, 0) is 44.0 Å². The van der Waals surface area contributed by atoms with Gasteiger partial charge in [0.2, 0.25) is 0 Å². The van der Waals surface area contributed by atoms with Crippen molar-refractivity contribution in [1.29, 1.82) is 0 Å². The second-order valence-corrected chi connectivity index (χ2v) is 5.24. The molecular weight excluding hydrogens is 238 g/mol. The van der Waals surface area contributed by atoms with Crippen molar-refractivity contribution in [3.05, 3.63) is 34.9 Å². The van der Waals surface area contributed by atoms with Crippen molar-refractivity contribution in [1.82, 2.24) is 4.90 Å². The Morgan fingerprint density at radius 1 is 1.32 bits per heavy atom. The second-order valence-electron chi connectivity index (χ2n) is 5.24. The van der Waals surface area contributed by atoms with Crippen LogP contribution in [-0.4, -0.2) is 31.6 Å². The van der Waals surface area contributed by atoms with Gasteiger partial charge >= 0.3 is 5.97 Å². The average molecular weight is 263 g/mol. The molecule has 106 valence electrons. The largest absolute Gasteiger partial charge is 0.469 e. The predicted molar refractivity (Wildman–Crippen MR) is 78.0 cm³/mol. The van der Waals surface area contributed by atoms with Crippen LogP contribution >= 0.6 is 0 Å². The van der Waals surface area contributed by atoms with E-state index in [1.165, 1.54) is 23.8 Å². The van der Waals surface area contributed by atoms with E-state index in [1.807, 2.05) is 14.0 Å². The molecule has 1 atom stereocenters. The maximum Gasteiger partial charge on any atom is 0.309 e.